The molecule has 0 fully saturated rings. The maximum absolute atomic E-state index is 5.49. The Hall–Kier alpha value is -2.21. The number of hydrogen-bond donors (Lipinski definition) is 2. The van der Waals surface area contributed by atoms with E-state index < -0.39 is 0 Å². The lowest BCUT2D eigenvalue weighted by molar-refractivity contribution is 1.11. The number of rotatable bonds is 4. The first-order valence-corrected chi connectivity index (χ1v) is 6.55. The topological polar surface area (TPSA) is 67.1 Å². The highest BCUT2D eigenvalue weighted by atomic mass is 32.1. The van der Waals surface area contributed by atoms with Gasteiger partial charge in [-0.25, -0.2) is 9.97 Å². The van der Waals surface area contributed by atoms with E-state index >= 15 is 0 Å². The van der Waals surface area contributed by atoms with Gasteiger partial charge in [-0.2, -0.15) is 0 Å². The molecule has 104 valence electrons. The Morgan fingerprint density at radius 2 is 2.00 bits per heavy atom. The zero-order valence-corrected chi connectivity index (χ0v) is 12.5. The summed E-state index contributed by atoms with van der Waals surface area (Å²) in [6, 6.07) is 6.14. The third kappa shape index (κ3) is 3.21. The van der Waals surface area contributed by atoms with Crippen molar-refractivity contribution in [3.8, 4) is 0 Å². The summed E-state index contributed by atoms with van der Waals surface area (Å²) >= 11 is 4.84. The van der Waals surface area contributed by atoms with Crippen LogP contribution in [-0.4, -0.2) is 29.1 Å². The maximum atomic E-state index is 5.49. The van der Waals surface area contributed by atoms with E-state index in [1.54, 1.807) is 12.4 Å². The van der Waals surface area contributed by atoms with E-state index in [1.807, 2.05) is 20.2 Å². The number of nitrogens with zero attached hydrogens (tertiary/aromatic N) is 3. The Balaban J connectivity index is 2.21. The van der Waals surface area contributed by atoms with Crippen LogP contribution in [0.15, 0.2) is 30.6 Å². The van der Waals surface area contributed by atoms with Crippen LogP contribution in [0.2, 0.25) is 0 Å². The second-order valence-electron chi connectivity index (χ2n) is 4.67. The summed E-state index contributed by atoms with van der Waals surface area (Å²) in [6.45, 7) is 2.08. The van der Waals surface area contributed by atoms with Crippen LogP contribution in [-0.2, 0) is 0 Å². The molecule has 0 bridgehead atoms. The van der Waals surface area contributed by atoms with Gasteiger partial charge in [0.05, 0.1) is 12.4 Å². The highest BCUT2D eigenvalue weighted by molar-refractivity contribution is 7.80. The molecule has 1 aromatic heterocycles. The molecule has 0 spiro atoms. The van der Waals surface area contributed by atoms with Gasteiger partial charge >= 0.3 is 0 Å². The zero-order valence-electron chi connectivity index (χ0n) is 11.7. The minimum absolute atomic E-state index is 0.245. The van der Waals surface area contributed by atoms with Crippen molar-refractivity contribution in [2.45, 2.75) is 6.92 Å². The number of benzene rings is 1. The van der Waals surface area contributed by atoms with Crippen molar-refractivity contribution in [1.82, 2.24) is 9.97 Å². The van der Waals surface area contributed by atoms with Crippen molar-refractivity contribution >= 4 is 34.4 Å². The highest BCUT2D eigenvalue weighted by Crippen LogP contribution is 2.24. The molecule has 0 aliphatic rings. The number of aromatic nitrogens is 2. The Kier molecular flexibility index (Phi) is 4.14. The fourth-order valence-electron chi connectivity index (χ4n) is 1.84. The van der Waals surface area contributed by atoms with Gasteiger partial charge in [0.2, 0.25) is 0 Å². The largest absolute Gasteiger partial charge is 0.388 e. The molecule has 6 heteroatoms. The van der Waals surface area contributed by atoms with Crippen LogP contribution in [0, 0.1) is 6.92 Å². The van der Waals surface area contributed by atoms with Crippen molar-refractivity contribution in [3.05, 3.63) is 41.9 Å². The number of nitrogens with two attached hydrogens (primary N) is 1. The number of aryl methyl sites for hydroxylation is 1. The first-order valence-electron chi connectivity index (χ1n) is 6.14. The monoisotopic (exact) mass is 287 g/mol. The molecule has 1 aromatic carbocycles. The average molecular weight is 287 g/mol. The maximum Gasteiger partial charge on any atom is 0.148 e. The summed E-state index contributed by atoms with van der Waals surface area (Å²) in [6.07, 6.45) is 3.18. The van der Waals surface area contributed by atoms with Crippen LogP contribution >= 0.6 is 12.2 Å². The quantitative estimate of drug-likeness (QED) is 0.841. The van der Waals surface area contributed by atoms with Crippen LogP contribution in [0.1, 0.15) is 11.3 Å². The van der Waals surface area contributed by atoms with E-state index in [-0.39, 0.29) is 4.99 Å². The summed E-state index contributed by atoms with van der Waals surface area (Å²) in [7, 11) is 4.03. The molecule has 0 unspecified atom stereocenters. The van der Waals surface area contributed by atoms with E-state index in [0.29, 0.717) is 11.5 Å². The molecule has 0 saturated heterocycles. The van der Waals surface area contributed by atoms with Crippen molar-refractivity contribution < 1.29 is 0 Å². The summed E-state index contributed by atoms with van der Waals surface area (Å²) in [4.78, 5) is 10.7. The zero-order chi connectivity index (χ0) is 14.7. The molecule has 1 heterocycles. The van der Waals surface area contributed by atoms with Crippen LogP contribution < -0.4 is 16.0 Å². The second-order valence-corrected chi connectivity index (χ2v) is 5.11. The lowest BCUT2D eigenvalue weighted by atomic mass is 10.1. The minimum atomic E-state index is 0.245. The highest BCUT2D eigenvalue weighted by Gasteiger charge is 2.04. The van der Waals surface area contributed by atoms with Gasteiger partial charge in [0.1, 0.15) is 16.5 Å². The predicted molar refractivity (Wildman–Crippen MR) is 86.7 cm³/mol. The third-order valence-corrected chi connectivity index (χ3v) is 3.08. The van der Waals surface area contributed by atoms with Gasteiger partial charge in [-0.3, -0.25) is 0 Å². The van der Waals surface area contributed by atoms with Crippen LogP contribution in [0.5, 0.6) is 0 Å². The predicted octanol–water partition coefficient (Wildman–Crippen LogP) is 2.23. The normalized spacial score (nSPS) is 10.2. The number of anilines is 3. The molecule has 0 amide bonds. The lowest BCUT2D eigenvalue weighted by Gasteiger charge is -2.17. The summed E-state index contributed by atoms with van der Waals surface area (Å²) in [5.74, 6) is 0.651. The van der Waals surface area contributed by atoms with Gasteiger partial charge in [0.25, 0.3) is 0 Å². The van der Waals surface area contributed by atoms with E-state index in [0.717, 1.165) is 11.4 Å². The molecule has 0 saturated carbocycles. The summed E-state index contributed by atoms with van der Waals surface area (Å²) < 4.78 is 0. The molecule has 0 radical (unpaired) electrons. The van der Waals surface area contributed by atoms with Crippen molar-refractivity contribution in [1.29, 1.82) is 0 Å². The number of nitrogens with one attached hydrogen (secondary N) is 1. The average Bonchev–Trinajstić information content (AvgIpc) is 2.41. The molecule has 0 atom stereocenters. The van der Waals surface area contributed by atoms with Gasteiger partial charge in [-0.05, 0) is 24.6 Å². The standard InChI is InChI=1S/C14H17N5S/c1-9-4-5-10(6-12(9)19(2)3)18-13-8-16-11(7-17-13)14(15)20/h4-8H,1-3H3,(H2,15,20)(H,17,18). The van der Waals surface area contributed by atoms with Crippen LogP contribution in [0.3, 0.4) is 0 Å². The lowest BCUT2D eigenvalue weighted by Crippen LogP contribution is -2.12. The molecule has 2 aromatic rings. The second kappa shape index (κ2) is 5.83. The van der Waals surface area contributed by atoms with Crippen LogP contribution in [0.4, 0.5) is 17.2 Å². The van der Waals surface area contributed by atoms with Gasteiger partial charge in [0, 0.05) is 25.5 Å². The van der Waals surface area contributed by atoms with E-state index in [9.17, 15) is 0 Å². The molecular formula is C14H17N5S. The van der Waals surface area contributed by atoms with E-state index in [1.165, 1.54) is 5.56 Å². The minimum Gasteiger partial charge on any atom is -0.388 e. The molecule has 2 rings (SSSR count). The fourth-order valence-corrected chi connectivity index (χ4v) is 1.94. The smallest absolute Gasteiger partial charge is 0.148 e. The molecule has 0 aliphatic heterocycles. The number of hydrogen-bond acceptors (Lipinski definition) is 5. The first kappa shape index (κ1) is 14.2. The Morgan fingerprint density at radius 1 is 1.25 bits per heavy atom. The van der Waals surface area contributed by atoms with Crippen molar-refractivity contribution in [2.75, 3.05) is 24.3 Å². The summed E-state index contributed by atoms with van der Waals surface area (Å²) in [5.41, 5.74) is 9.33. The molecular weight excluding hydrogens is 270 g/mol. The Bertz CT molecular complexity index is 622. The van der Waals surface area contributed by atoms with Gasteiger partial charge < -0.3 is 16.0 Å². The number of thiocarbonyl (C=S) groups is 1. The molecule has 5 nitrogen and oxygen atoms in total. The first-order chi connectivity index (χ1) is 9.47. The van der Waals surface area contributed by atoms with Gasteiger partial charge in [-0.15, -0.1) is 0 Å². The van der Waals surface area contributed by atoms with Crippen molar-refractivity contribution in [3.63, 3.8) is 0 Å². The van der Waals surface area contributed by atoms with E-state index in [4.69, 9.17) is 18.0 Å². The van der Waals surface area contributed by atoms with Crippen molar-refractivity contribution in [2.24, 2.45) is 5.73 Å². The SMILES string of the molecule is Cc1ccc(Nc2cnc(C(N)=S)cn2)cc1N(C)C. The molecule has 3 N–H and O–H groups in total. The Morgan fingerprint density at radius 3 is 2.55 bits per heavy atom. The third-order valence-electron chi connectivity index (χ3n) is 2.87. The molecule has 0 aliphatic carbocycles. The van der Waals surface area contributed by atoms with Gasteiger partial charge in [-0.1, -0.05) is 18.3 Å². The summed E-state index contributed by atoms with van der Waals surface area (Å²) in [5, 5.41) is 3.21. The fraction of sp³-hybridized carbons (Fsp3) is 0.214. The van der Waals surface area contributed by atoms with Gasteiger partial charge in [0.15, 0.2) is 0 Å². The van der Waals surface area contributed by atoms with Crippen LogP contribution in [0.25, 0.3) is 0 Å². The Labute approximate surface area is 123 Å². The van der Waals surface area contributed by atoms with E-state index in [2.05, 4.69) is 39.2 Å². The molecule has 20 heavy (non-hydrogen) atoms.